The molecule has 1 fully saturated rings. The molecule has 3 aromatic rings. The molecule has 0 bridgehead atoms. The van der Waals surface area contributed by atoms with Gasteiger partial charge < -0.3 is 14.4 Å². The number of aromatic nitrogens is 3. The molecule has 0 atom stereocenters. The number of carbonyl (C=O) groups is 1. The van der Waals surface area contributed by atoms with Gasteiger partial charge in [-0.05, 0) is 50.1 Å². The molecule has 1 amide bonds. The highest BCUT2D eigenvalue weighted by molar-refractivity contribution is 7.99. The second kappa shape index (κ2) is 9.43. The van der Waals surface area contributed by atoms with Crippen LogP contribution in [0, 0.1) is 6.92 Å². The van der Waals surface area contributed by atoms with Crippen LogP contribution in [0.1, 0.15) is 24.0 Å². The van der Waals surface area contributed by atoms with Crippen LogP contribution in [0.5, 0.6) is 11.5 Å². The van der Waals surface area contributed by atoms with Crippen LogP contribution < -0.4 is 9.47 Å². The van der Waals surface area contributed by atoms with E-state index >= 15 is 0 Å². The number of aryl methyl sites for hydroxylation is 1. The first-order valence-electron chi connectivity index (χ1n) is 10.2. The Labute approximate surface area is 186 Å². The molecule has 0 unspecified atom stereocenters. The fraction of sp³-hybridized carbons (Fsp3) is 0.348. The lowest BCUT2D eigenvalue weighted by molar-refractivity contribution is -0.129. The molecular formula is C23H26N4O3S. The monoisotopic (exact) mass is 438 g/mol. The van der Waals surface area contributed by atoms with Crippen LogP contribution in [0.3, 0.4) is 0 Å². The third kappa shape index (κ3) is 5.02. The highest BCUT2D eigenvalue weighted by Crippen LogP contribution is 2.33. The quantitative estimate of drug-likeness (QED) is 0.472. The highest BCUT2D eigenvalue weighted by Gasteiger charge is 2.33. The van der Waals surface area contributed by atoms with E-state index in [0.717, 1.165) is 35.6 Å². The topological polar surface area (TPSA) is 69.5 Å². The first-order valence-corrected chi connectivity index (χ1v) is 11.2. The fourth-order valence-electron chi connectivity index (χ4n) is 3.41. The fourth-order valence-corrected chi connectivity index (χ4v) is 4.23. The minimum Gasteiger partial charge on any atom is -0.497 e. The second-order valence-corrected chi connectivity index (χ2v) is 8.48. The molecule has 1 aromatic heterocycles. The summed E-state index contributed by atoms with van der Waals surface area (Å²) in [6, 6.07) is 14.1. The van der Waals surface area contributed by atoms with Crippen molar-refractivity contribution in [2.75, 3.05) is 20.0 Å². The van der Waals surface area contributed by atoms with Gasteiger partial charge in [-0.1, -0.05) is 29.5 Å². The van der Waals surface area contributed by atoms with Gasteiger partial charge in [-0.15, -0.1) is 10.2 Å². The van der Waals surface area contributed by atoms with Crippen LogP contribution in [-0.2, 0) is 11.3 Å². The molecule has 0 saturated heterocycles. The van der Waals surface area contributed by atoms with E-state index in [1.165, 1.54) is 17.3 Å². The molecular weight excluding hydrogens is 412 g/mol. The molecule has 1 saturated carbocycles. The average Bonchev–Trinajstić information content (AvgIpc) is 3.53. The molecule has 2 aromatic carbocycles. The maximum Gasteiger partial charge on any atom is 0.233 e. The Morgan fingerprint density at radius 2 is 1.94 bits per heavy atom. The minimum atomic E-state index is 0.0795. The Hall–Kier alpha value is -3.00. The van der Waals surface area contributed by atoms with Gasteiger partial charge in [-0.25, -0.2) is 0 Å². The predicted molar refractivity (Wildman–Crippen MR) is 120 cm³/mol. The summed E-state index contributed by atoms with van der Waals surface area (Å²) in [4.78, 5) is 15.1. The number of methoxy groups -OCH3 is 2. The number of nitrogens with zero attached hydrogens (tertiary/aromatic N) is 4. The third-order valence-electron chi connectivity index (χ3n) is 5.29. The van der Waals surface area contributed by atoms with Gasteiger partial charge in [-0.3, -0.25) is 9.36 Å². The van der Waals surface area contributed by atoms with E-state index < -0.39 is 0 Å². The number of amides is 1. The molecule has 1 aliphatic rings. The molecule has 0 N–H and O–H groups in total. The zero-order chi connectivity index (χ0) is 21.8. The van der Waals surface area contributed by atoms with Gasteiger partial charge in [0.15, 0.2) is 5.16 Å². The zero-order valence-electron chi connectivity index (χ0n) is 17.9. The third-order valence-corrected chi connectivity index (χ3v) is 6.22. The average molecular weight is 439 g/mol. The van der Waals surface area contributed by atoms with Crippen molar-refractivity contribution in [2.45, 2.75) is 37.5 Å². The first kappa shape index (κ1) is 21.2. The molecule has 0 aliphatic heterocycles. The highest BCUT2D eigenvalue weighted by atomic mass is 32.2. The number of ether oxygens (including phenoxy) is 2. The number of carbonyl (C=O) groups excluding carboxylic acids is 1. The van der Waals surface area contributed by atoms with E-state index in [-0.39, 0.29) is 11.9 Å². The van der Waals surface area contributed by atoms with Crippen LogP contribution in [-0.4, -0.2) is 51.6 Å². The number of thioether (sulfide) groups is 1. The molecule has 162 valence electrons. The SMILES string of the molecule is COc1ccc(OC)c(CN(C(=O)CSc2nncn2-c2ccc(C)cc2)C2CC2)c1. The molecule has 4 rings (SSSR count). The van der Waals surface area contributed by atoms with E-state index in [4.69, 9.17) is 9.47 Å². The van der Waals surface area contributed by atoms with Crippen molar-refractivity contribution < 1.29 is 14.3 Å². The van der Waals surface area contributed by atoms with Crippen LogP contribution in [0.25, 0.3) is 5.69 Å². The summed E-state index contributed by atoms with van der Waals surface area (Å²) in [6.45, 7) is 2.54. The first-order chi connectivity index (χ1) is 15.1. The smallest absolute Gasteiger partial charge is 0.233 e. The summed E-state index contributed by atoms with van der Waals surface area (Å²) >= 11 is 1.40. The Morgan fingerprint density at radius 3 is 2.61 bits per heavy atom. The van der Waals surface area contributed by atoms with Crippen molar-refractivity contribution in [3.63, 3.8) is 0 Å². The van der Waals surface area contributed by atoms with Gasteiger partial charge in [0.1, 0.15) is 17.8 Å². The van der Waals surface area contributed by atoms with Crippen LogP contribution in [0.15, 0.2) is 53.9 Å². The number of rotatable bonds is 9. The lowest BCUT2D eigenvalue weighted by Gasteiger charge is -2.23. The number of hydrogen-bond acceptors (Lipinski definition) is 6. The number of hydrogen-bond donors (Lipinski definition) is 0. The summed E-state index contributed by atoms with van der Waals surface area (Å²) in [7, 11) is 3.28. The van der Waals surface area contributed by atoms with Gasteiger partial charge in [-0.2, -0.15) is 0 Å². The van der Waals surface area contributed by atoms with Crippen LogP contribution in [0.2, 0.25) is 0 Å². The predicted octanol–water partition coefficient (Wildman–Crippen LogP) is 3.88. The Balaban J connectivity index is 1.46. The molecule has 8 heteroatoms. The minimum absolute atomic E-state index is 0.0795. The van der Waals surface area contributed by atoms with Crippen molar-refractivity contribution in [3.05, 3.63) is 59.9 Å². The molecule has 0 spiro atoms. The van der Waals surface area contributed by atoms with E-state index in [2.05, 4.69) is 10.2 Å². The van der Waals surface area contributed by atoms with E-state index in [9.17, 15) is 4.79 Å². The normalized spacial score (nSPS) is 13.1. The van der Waals surface area contributed by atoms with Crippen molar-refractivity contribution in [3.8, 4) is 17.2 Å². The van der Waals surface area contributed by atoms with Gasteiger partial charge in [0.2, 0.25) is 5.91 Å². The Morgan fingerprint density at radius 1 is 1.16 bits per heavy atom. The Bertz CT molecular complexity index is 1050. The van der Waals surface area contributed by atoms with Crippen molar-refractivity contribution >= 4 is 17.7 Å². The van der Waals surface area contributed by atoms with Gasteiger partial charge in [0.25, 0.3) is 0 Å². The molecule has 1 heterocycles. The van der Waals surface area contributed by atoms with Crippen molar-refractivity contribution in [1.82, 2.24) is 19.7 Å². The molecule has 7 nitrogen and oxygen atoms in total. The van der Waals surface area contributed by atoms with E-state index in [1.54, 1.807) is 20.5 Å². The lowest BCUT2D eigenvalue weighted by Crippen LogP contribution is -2.34. The summed E-state index contributed by atoms with van der Waals surface area (Å²) in [5.74, 6) is 1.88. The second-order valence-electron chi connectivity index (χ2n) is 7.54. The Kier molecular flexibility index (Phi) is 6.46. The van der Waals surface area contributed by atoms with Gasteiger partial charge >= 0.3 is 0 Å². The summed E-state index contributed by atoms with van der Waals surface area (Å²) in [6.07, 6.45) is 3.74. The van der Waals surface area contributed by atoms with E-state index in [0.29, 0.717) is 17.5 Å². The lowest BCUT2D eigenvalue weighted by atomic mass is 10.1. The van der Waals surface area contributed by atoms with Crippen LogP contribution >= 0.6 is 11.8 Å². The van der Waals surface area contributed by atoms with Gasteiger partial charge in [0, 0.05) is 23.8 Å². The summed E-state index contributed by atoms with van der Waals surface area (Å²) in [5, 5.41) is 8.95. The summed E-state index contributed by atoms with van der Waals surface area (Å²) < 4.78 is 12.8. The van der Waals surface area contributed by atoms with Crippen molar-refractivity contribution in [2.24, 2.45) is 0 Å². The van der Waals surface area contributed by atoms with Crippen molar-refractivity contribution in [1.29, 1.82) is 0 Å². The summed E-state index contributed by atoms with van der Waals surface area (Å²) in [5.41, 5.74) is 3.11. The maximum atomic E-state index is 13.1. The standard InChI is InChI=1S/C23H26N4O3S/c1-16-4-6-19(7-5-16)27-15-24-25-23(27)31-14-22(28)26(18-8-9-18)13-17-12-20(29-2)10-11-21(17)30-3/h4-7,10-12,15,18H,8-9,13-14H2,1-3H3. The van der Waals surface area contributed by atoms with E-state index in [1.807, 2.05) is 58.9 Å². The molecule has 31 heavy (non-hydrogen) atoms. The number of benzene rings is 2. The molecule has 1 aliphatic carbocycles. The largest absolute Gasteiger partial charge is 0.497 e. The maximum absolute atomic E-state index is 13.1. The molecule has 0 radical (unpaired) electrons. The van der Waals surface area contributed by atoms with Gasteiger partial charge in [0.05, 0.1) is 20.0 Å². The van der Waals surface area contributed by atoms with Crippen LogP contribution in [0.4, 0.5) is 0 Å². The zero-order valence-corrected chi connectivity index (χ0v) is 18.8.